The van der Waals surface area contributed by atoms with Gasteiger partial charge >= 0.3 is 6.03 Å². The molecule has 1 heterocycles. The summed E-state index contributed by atoms with van der Waals surface area (Å²) in [6, 6.07) is 11.3. The smallest absolute Gasteiger partial charge is 0.321 e. The van der Waals surface area contributed by atoms with Crippen LogP contribution in [0.1, 0.15) is 28.8 Å². The van der Waals surface area contributed by atoms with E-state index in [0.29, 0.717) is 5.69 Å². The number of ether oxygens (including phenoxy) is 1. The van der Waals surface area contributed by atoms with Gasteiger partial charge in [0.1, 0.15) is 10.6 Å². The standard InChI is InChI=1S/C21H26N4O5S/c1-22-31(28,29)19-13-16(8-9-18(19)30-2)20(26)23-14-15-6-5-7-17(12-15)24-21(27)25-10-3-4-11-25/h5-9,12-13,22H,3-4,10-11,14H2,1-2H3,(H,23,26)(H,24,27). The summed E-state index contributed by atoms with van der Waals surface area (Å²) in [5, 5.41) is 5.64. The normalized spacial score (nSPS) is 13.7. The number of urea groups is 1. The predicted molar refractivity (Wildman–Crippen MR) is 117 cm³/mol. The minimum Gasteiger partial charge on any atom is -0.495 e. The molecular weight excluding hydrogens is 420 g/mol. The zero-order valence-corrected chi connectivity index (χ0v) is 18.3. The Kier molecular flexibility index (Phi) is 7.13. The van der Waals surface area contributed by atoms with Crippen LogP contribution in [0.25, 0.3) is 0 Å². The van der Waals surface area contributed by atoms with Crippen LogP contribution in [0.2, 0.25) is 0 Å². The third kappa shape index (κ3) is 5.53. The lowest BCUT2D eigenvalue weighted by atomic mass is 10.1. The molecule has 0 radical (unpaired) electrons. The van der Waals surface area contributed by atoms with Gasteiger partial charge in [-0.3, -0.25) is 4.79 Å². The number of hydrogen-bond acceptors (Lipinski definition) is 5. The van der Waals surface area contributed by atoms with Crippen LogP contribution in [-0.2, 0) is 16.6 Å². The number of carbonyl (C=O) groups is 2. The summed E-state index contributed by atoms with van der Waals surface area (Å²) in [7, 11) is -1.14. The van der Waals surface area contributed by atoms with Crippen LogP contribution < -0.4 is 20.1 Å². The molecule has 0 spiro atoms. The SMILES string of the molecule is CNS(=O)(=O)c1cc(C(=O)NCc2cccc(NC(=O)N3CCCC3)c2)ccc1OC. The van der Waals surface area contributed by atoms with Crippen LogP contribution in [0.5, 0.6) is 5.75 Å². The van der Waals surface area contributed by atoms with E-state index in [0.717, 1.165) is 31.5 Å². The molecule has 0 bridgehead atoms. The van der Waals surface area contributed by atoms with Gasteiger partial charge < -0.3 is 20.3 Å². The van der Waals surface area contributed by atoms with E-state index in [1.54, 1.807) is 23.1 Å². The van der Waals surface area contributed by atoms with E-state index in [1.807, 2.05) is 6.07 Å². The third-order valence-corrected chi connectivity index (χ3v) is 6.44. The molecule has 1 fully saturated rings. The summed E-state index contributed by atoms with van der Waals surface area (Å²) < 4.78 is 31.7. The number of benzene rings is 2. The van der Waals surface area contributed by atoms with Gasteiger partial charge in [0.05, 0.1) is 7.11 Å². The maximum absolute atomic E-state index is 12.6. The molecule has 0 aromatic heterocycles. The van der Waals surface area contributed by atoms with Crippen molar-refractivity contribution in [1.29, 1.82) is 0 Å². The molecule has 31 heavy (non-hydrogen) atoms. The van der Waals surface area contributed by atoms with Crippen molar-refractivity contribution in [2.24, 2.45) is 0 Å². The van der Waals surface area contributed by atoms with E-state index < -0.39 is 15.9 Å². The van der Waals surface area contributed by atoms with Gasteiger partial charge in [-0.2, -0.15) is 0 Å². The number of amides is 3. The van der Waals surface area contributed by atoms with E-state index in [4.69, 9.17) is 4.74 Å². The molecule has 3 N–H and O–H groups in total. The molecular formula is C21H26N4O5S. The fourth-order valence-corrected chi connectivity index (χ4v) is 4.22. The molecule has 1 aliphatic heterocycles. The Balaban J connectivity index is 1.67. The Morgan fingerprint density at radius 3 is 2.52 bits per heavy atom. The van der Waals surface area contributed by atoms with E-state index >= 15 is 0 Å². The van der Waals surface area contributed by atoms with E-state index in [9.17, 15) is 18.0 Å². The molecule has 0 unspecified atom stereocenters. The lowest BCUT2D eigenvalue weighted by molar-refractivity contribution is 0.0950. The highest BCUT2D eigenvalue weighted by atomic mass is 32.2. The zero-order valence-electron chi connectivity index (χ0n) is 17.5. The number of hydrogen-bond donors (Lipinski definition) is 3. The molecule has 3 amide bonds. The zero-order chi connectivity index (χ0) is 22.4. The summed E-state index contributed by atoms with van der Waals surface area (Å²) in [6.07, 6.45) is 2.03. The molecule has 2 aromatic carbocycles. The minimum atomic E-state index is -3.79. The van der Waals surface area contributed by atoms with Gasteiger partial charge in [0.2, 0.25) is 10.0 Å². The Labute approximate surface area is 181 Å². The quantitative estimate of drug-likeness (QED) is 0.603. The number of nitrogens with zero attached hydrogens (tertiary/aromatic N) is 1. The first-order valence-corrected chi connectivity index (χ1v) is 11.4. The molecule has 3 rings (SSSR count). The van der Waals surface area contributed by atoms with Crippen molar-refractivity contribution in [1.82, 2.24) is 14.9 Å². The van der Waals surface area contributed by atoms with Crippen molar-refractivity contribution in [3.8, 4) is 5.75 Å². The maximum Gasteiger partial charge on any atom is 0.321 e. The summed E-state index contributed by atoms with van der Waals surface area (Å²) >= 11 is 0. The Hall–Kier alpha value is -3.11. The number of likely N-dealkylation sites (tertiary alicyclic amines) is 1. The minimum absolute atomic E-state index is 0.114. The predicted octanol–water partition coefficient (Wildman–Crippen LogP) is 2.16. The summed E-state index contributed by atoms with van der Waals surface area (Å²) in [5.41, 5.74) is 1.63. The Morgan fingerprint density at radius 1 is 1.10 bits per heavy atom. The van der Waals surface area contributed by atoms with Crippen LogP contribution in [0.4, 0.5) is 10.5 Å². The number of sulfonamides is 1. The molecule has 1 saturated heterocycles. The van der Waals surface area contributed by atoms with Crippen molar-refractivity contribution >= 4 is 27.6 Å². The van der Waals surface area contributed by atoms with Crippen molar-refractivity contribution in [3.63, 3.8) is 0 Å². The Bertz CT molecular complexity index is 1070. The number of rotatable bonds is 7. The van der Waals surface area contributed by atoms with Crippen LogP contribution in [0, 0.1) is 0 Å². The number of nitrogens with one attached hydrogen (secondary N) is 3. The van der Waals surface area contributed by atoms with Crippen LogP contribution in [0.15, 0.2) is 47.4 Å². The first-order valence-electron chi connectivity index (χ1n) is 9.88. The second kappa shape index (κ2) is 9.80. The van der Waals surface area contributed by atoms with Crippen molar-refractivity contribution in [3.05, 3.63) is 53.6 Å². The molecule has 0 atom stereocenters. The second-order valence-corrected chi connectivity index (χ2v) is 8.94. The van der Waals surface area contributed by atoms with E-state index in [-0.39, 0.29) is 28.8 Å². The van der Waals surface area contributed by atoms with Crippen LogP contribution in [0.3, 0.4) is 0 Å². The molecule has 0 saturated carbocycles. The fraction of sp³-hybridized carbons (Fsp3) is 0.333. The molecule has 166 valence electrons. The molecule has 10 heteroatoms. The fourth-order valence-electron chi connectivity index (χ4n) is 3.30. The average molecular weight is 447 g/mol. The lowest BCUT2D eigenvalue weighted by Gasteiger charge is -2.16. The highest BCUT2D eigenvalue weighted by Crippen LogP contribution is 2.24. The lowest BCUT2D eigenvalue weighted by Crippen LogP contribution is -2.32. The summed E-state index contributed by atoms with van der Waals surface area (Å²) in [5.74, 6) is -0.283. The van der Waals surface area contributed by atoms with E-state index in [1.165, 1.54) is 32.4 Å². The molecule has 1 aliphatic rings. The third-order valence-electron chi connectivity index (χ3n) is 5.01. The highest BCUT2D eigenvalue weighted by Gasteiger charge is 2.20. The van der Waals surface area contributed by atoms with Crippen molar-refractivity contribution in [2.45, 2.75) is 24.3 Å². The molecule has 2 aromatic rings. The van der Waals surface area contributed by atoms with Gasteiger partial charge in [-0.05, 0) is 55.8 Å². The van der Waals surface area contributed by atoms with Crippen molar-refractivity contribution < 1.29 is 22.7 Å². The van der Waals surface area contributed by atoms with Gasteiger partial charge in [-0.1, -0.05) is 12.1 Å². The average Bonchev–Trinajstić information content (AvgIpc) is 3.32. The maximum atomic E-state index is 12.6. The van der Waals surface area contributed by atoms with Gasteiger partial charge in [-0.25, -0.2) is 17.9 Å². The van der Waals surface area contributed by atoms with Gasteiger partial charge in [0, 0.05) is 30.9 Å². The van der Waals surface area contributed by atoms with Crippen LogP contribution >= 0.6 is 0 Å². The number of carbonyl (C=O) groups excluding carboxylic acids is 2. The van der Waals surface area contributed by atoms with Gasteiger partial charge in [0.15, 0.2) is 0 Å². The first kappa shape index (κ1) is 22.6. The summed E-state index contributed by atoms with van der Waals surface area (Å²) in [4.78, 5) is 26.5. The van der Waals surface area contributed by atoms with E-state index in [2.05, 4.69) is 15.4 Å². The largest absolute Gasteiger partial charge is 0.495 e. The topological polar surface area (TPSA) is 117 Å². The highest BCUT2D eigenvalue weighted by molar-refractivity contribution is 7.89. The van der Waals surface area contributed by atoms with Gasteiger partial charge in [-0.15, -0.1) is 0 Å². The molecule has 9 nitrogen and oxygen atoms in total. The first-order chi connectivity index (χ1) is 14.8. The Morgan fingerprint density at radius 2 is 1.84 bits per heavy atom. The number of methoxy groups -OCH3 is 1. The monoisotopic (exact) mass is 446 g/mol. The number of anilines is 1. The van der Waals surface area contributed by atoms with Gasteiger partial charge in [0.25, 0.3) is 5.91 Å². The summed E-state index contributed by atoms with van der Waals surface area (Å²) in [6.45, 7) is 1.73. The van der Waals surface area contributed by atoms with Crippen molar-refractivity contribution in [2.75, 3.05) is 32.6 Å². The molecule has 0 aliphatic carbocycles. The van der Waals surface area contributed by atoms with Crippen LogP contribution in [-0.4, -0.2) is 52.5 Å². The second-order valence-electron chi connectivity index (χ2n) is 7.08.